The summed E-state index contributed by atoms with van der Waals surface area (Å²) in [5.74, 6) is -0.606. The summed E-state index contributed by atoms with van der Waals surface area (Å²) in [4.78, 5) is 28.8. The number of hydrogen-bond donors (Lipinski definition) is 1. The molecule has 1 unspecified atom stereocenters. The third kappa shape index (κ3) is 3.71. The van der Waals surface area contributed by atoms with Gasteiger partial charge < -0.3 is 9.73 Å². The molecule has 0 aliphatic heterocycles. The second-order valence-corrected chi connectivity index (χ2v) is 6.43. The summed E-state index contributed by atoms with van der Waals surface area (Å²) in [6.07, 6.45) is 3.57. The largest absolute Gasteiger partial charge is 0.419 e. The number of benzene rings is 2. The number of carbonyl (C=O) groups excluding carboxylic acids is 1. The van der Waals surface area contributed by atoms with Crippen LogP contribution in [0, 0.1) is 0 Å². The van der Waals surface area contributed by atoms with Gasteiger partial charge in [0, 0.05) is 25.4 Å². The topological polar surface area (TPSA) is 77.1 Å². The molecule has 2 aromatic carbocycles. The SMILES string of the molecule is O=C(CCn1c(=O)oc2ccccc21)NC(c1ccccc1)c1ccncc1. The lowest BCUT2D eigenvalue weighted by Gasteiger charge is -2.19. The van der Waals surface area contributed by atoms with E-state index in [4.69, 9.17) is 4.42 Å². The van der Waals surface area contributed by atoms with E-state index in [0.717, 1.165) is 11.1 Å². The first-order chi connectivity index (χ1) is 13.7. The molecule has 0 saturated carbocycles. The summed E-state index contributed by atoms with van der Waals surface area (Å²) >= 11 is 0. The van der Waals surface area contributed by atoms with E-state index in [1.165, 1.54) is 4.57 Å². The molecular weight excluding hydrogens is 354 g/mol. The molecule has 28 heavy (non-hydrogen) atoms. The van der Waals surface area contributed by atoms with Crippen LogP contribution in [0.15, 0.2) is 88.3 Å². The van der Waals surface area contributed by atoms with Crippen molar-refractivity contribution in [3.63, 3.8) is 0 Å². The zero-order valence-electron chi connectivity index (χ0n) is 15.1. The molecule has 0 saturated heterocycles. The summed E-state index contributed by atoms with van der Waals surface area (Å²) in [6, 6.07) is 20.4. The maximum Gasteiger partial charge on any atom is 0.419 e. The average Bonchev–Trinajstić information content (AvgIpc) is 3.06. The van der Waals surface area contributed by atoms with E-state index < -0.39 is 5.76 Å². The number of nitrogens with zero attached hydrogens (tertiary/aromatic N) is 2. The summed E-state index contributed by atoms with van der Waals surface area (Å²) in [5, 5.41) is 3.07. The predicted molar refractivity (Wildman–Crippen MR) is 106 cm³/mol. The van der Waals surface area contributed by atoms with Crippen LogP contribution in [0.5, 0.6) is 0 Å². The number of rotatable bonds is 6. The third-order valence-corrected chi connectivity index (χ3v) is 4.61. The fourth-order valence-electron chi connectivity index (χ4n) is 3.23. The minimum atomic E-state index is -0.456. The average molecular weight is 373 g/mol. The number of carbonyl (C=O) groups is 1. The van der Waals surface area contributed by atoms with Crippen molar-refractivity contribution in [1.29, 1.82) is 0 Å². The van der Waals surface area contributed by atoms with Gasteiger partial charge in [-0.25, -0.2) is 4.79 Å². The van der Waals surface area contributed by atoms with Crippen LogP contribution in [0.2, 0.25) is 0 Å². The number of aromatic nitrogens is 2. The summed E-state index contributed by atoms with van der Waals surface area (Å²) in [6.45, 7) is 0.250. The maximum atomic E-state index is 12.7. The zero-order chi connectivity index (χ0) is 19.3. The quantitative estimate of drug-likeness (QED) is 0.563. The Bertz CT molecular complexity index is 1090. The van der Waals surface area contributed by atoms with E-state index in [2.05, 4.69) is 10.3 Å². The maximum absolute atomic E-state index is 12.7. The molecule has 4 rings (SSSR count). The molecule has 0 aliphatic rings. The van der Waals surface area contributed by atoms with Gasteiger partial charge in [0.1, 0.15) is 0 Å². The molecule has 1 atom stereocenters. The van der Waals surface area contributed by atoms with Crippen molar-refractivity contribution in [2.45, 2.75) is 19.0 Å². The van der Waals surface area contributed by atoms with Crippen molar-refractivity contribution in [3.05, 3.63) is 101 Å². The van der Waals surface area contributed by atoms with Gasteiger partial charge >= 0.3 is 5.76 Å². The Kier molecular flexibility index (Phi) is 5.01. The van der Waals surface area contributed by atoms with Gasteiger partial charge in [0.05, 0.1) is 11.6 Å². The fourth-order valence-corrected chi connectivity index (χ4v) is 3.23. The minimum Gasteiger partial charge on any atom is -0.408 e. The van der Waals surface area contributed by atoms with E-state index in [1.54, 1.807) is 18.5 Å². The van der Waals surface area contributed by atoms with Gasteiger partial charge in [-0.1, -0.05) is 42.5 Å². The third-order valence-electron chi connectivity index (χ3n) is 4.61. The number of oxazole rings is 1. The van der Waals surface area contributed by atoms with E-state index >= 15 is 0 Å². The predicted octanol–water partition coefficient (Wildman–Crippen LogP) is 3.29. The van der Waals surface area contributed by atoms with Crippen LogP contribution in [-0.2, 0) is 11.3 Å². The van der Waals surface area contributed by atoms with Crippen LogP contribution in [0.1, 0.15) is 23.6 Å². The Balaban J connectivity index is 1.52. The number of para-hydroxylation sites is 2. The molecule has 1 N–H and O–H groups in total. The Morgan fingerprint density at radius 2 is 1.64 bits per heavy atom. The minimum absolute atomic E-state index is 0.150. The van der Waals surface area contributed by atoms with Crippen molar-refractivity contribution in [2.75, 3.05) is 0 Å². The molecule has 2 heterocycles. The Hall–Kier alpha value is -3.67. The molecule has 0 fully saturated rings. The first-order valence-corrected chi connectivity index (χ1v) is 9.05. The molecule has 0 spiro atoms. The lowest BCUT2D eigenvalue weighted by atomic mass is 9.99. The van der Waals surface area contributed by atoms with E-state index in [9.17, 15) is 9.59 Å². The summed E-state index contributed by atoms with van der Waals surface area (Å²) < 4.78 is 6.70. The lowest BCUT2D eigenvalue weighted by Crippen LogP contribution is -2.30. The van der Waals surface area contributed by atoms with Crippen LogP contribution in [0.4, 0.5) is 0 Å². The highest BCUT2D eigenvalue weighted by Gasteiger charge is 2.17. The number of aryl methyl sites for hydroxylation is 1. The highest BCUT2D eigenvalue weighted by atomic mass is 16.4. The van der Waals surface area contributed by atoms with Gasteiger partial charge in [-0.2, -0.15) is 0 Å². The van der Waals surface area contributed by atoms with E-state index in [1.807, 2.05) is 60.7 Å². The summed E-state index contributed by atoms with van der Waals surface area (Å²) in [5.41, 5.74) is 3.13. The standard InChI is InChI=1S/C22H19N3O3/c26-20(12-15-25-18-8-4-5-9-19(18)28-22(25)27)24-21(16-6-2-1-3-7-16)17-10-13-23-14-11-17/h1-11,13-14,21H,12,15H2,(H,24,26). The Morgan fingerprint density at radius 3 is 2.43 bits per heavy atom. The molecule has 0 aliphatic carbocycles. The van der Waals surface area contributed by atoms with Crippen molar-refractivity contribution in [1.82, 2.24) is 14.9 Å². The van der Waals surface area contributed by atoms with Gasteiger partial charge in [0.2, 0.25) is 5.91 Å². The highest BCUT2D eigenvalue weighted by Crippen LogP contribution is 2.21. The van der Waals surface area contributed by atoms with Gasteiger partial charge in [0.25, 0.3) is 0 Å². The highest BCUT2D eigenvalue weighted by molar-refractivity contribution is 5.77. The summed E-state index contributed by atoms with van der Waals surface area (Å²) in [7, 11) is 0. The molecule has 0 radical (unpaired) electrons. The van der Waals surface area contributed by atoms with Crippen molar-refractivity contribution in [3.8, 4) is 0 Å². The normalized spacial score (nSPS) is 12.0. The van der Waals surface area contributed by atoms with Crippen LogP contribution in [0.3, 0.4) is 0 Å². The molecule has 6 heteroatoms. The monoisotopic (exact) mass is 373 g/mol. The smallest absolute Gasteiger partial charge is 0.408 e. The van der Waals surface area contributed by atoms with Crippen molar-refractivity contribution in [2.24, 2.45) is 0 Å². The van der Waals surface area contributed by atoms with E-state index in [0.29, 0.717) is 11.1 Å². The number of nitrogens with one attached hydrogen (secondary N) is 1. The zero-order valence-corrected chi connectivity index (χ0v) is 15.1. The molecule has 0 bridgehead atoms. The number of hydrogen-bond acceptors (Lipinski definition) is 4. The van der Waals surface area contributed by atoms with Crippen LogP contribution < -0.4 is 11.1 Å². The van der Waals surface area contributed by atoms with Gasteiger partial charge in [-0.15, -0.1) is 0 Å². The molecule has 2 aromatic heterocycles. The fraction of sp³-hybridized carbons (Fsp3) is 0.136. The van der Waals surface area contributed by atoms with Gasteiger partial charge in [0.15, 0.2) is 5.58 Å². The van der Waals surface area contributed by atoms with Crippen LogP contribution in [0.25, 0.3) is 11.1 Å². The van der Waals surface area contributed by atoms with Crippen molar-refractivity contribution >= 4 is 17.0 Å². The Morgan fingerprint density at radius 1 is 0.964 bits per heavy atom. The number of amides is 1. The molecule has 140 valence electrons. The van der Waals surface area contributed by atoms with Crippen LogP contribution in [-0.4, -0.2) is 15.5 Å². The molecular formula is C22H19N3O3. The molecule has 6 nitrogen and oxygen atoms in total. The number of fused-ring (bicyclic) bond motifs is 1. The van der Waals surface area contributed by atoms with E-state index in [-0.39, 0.29) is 24.9 Å². The molecule has 4 aromatic rings. The first-order valence-electron chi connectivity index (χ1n) is 9.05. The first kappa shape index (κ1) is 17.7. The van der Waals surface area contributed by atoms with Crippen molar-refractivity contribution < 1.29 is 9.21 Å². The van der Waals surface area contributed by atoms with Gasteiger partial charge in [-0.3, -0.25) is 14.3 Å². The second-order valence-electron chi connectivity index (χ2n) is 6.43. The van der Waals surface area contributed by atoms with Crippen LogP contribution >= 0.6 is 0 Å². The second kappa shape index (κ2) is 7.92. The van der Waals surface area contributed by atoms with Gasteiger partial charge in [-0.05, 0) is 35.4 Å². The Labute approximate surface area is 161 Å². The molecule has 1 amide bonds. The lowest BCUT2D eigenvalue weighted by molar-refractivity contribution is -0.121. The number of pyridine rings is 1.